The van der Waals surface area contributed by atoms with Crippen molar-refractivity contribution in [2.45, 2.75) is 39.7 Å². The Balaban J connectivity index is 2.58. The number of rotatable bonds is 4. The van der Waals surface area contributed by atoms with Gasteiger partial charge in [-0.3, -0.25) is 0 Å². The molecule has 1 aromatic rings. The second-order valence-corrected chi connectivity index (χ2v) is 3.24. The van der Waals surface area contributed by atoms with Crippen molar-refractivity contribution >= 4 is 5.95 Å². The molecule has 1 heterocycles. The molecule has 0 spiro atoms. The molecule has 1 N–H and O–H groups in total. The summed E-state index contributed by atoms with van der Waals surface area (Å²) in [5, 5.41) is 3.28. The van der Waals surface area contributed by atoms with E-state index >= 15 is 0 Å². The van der Waals surface area contributed by atoms with Crippen LogP contribution in [0.2, 0.25) is 0 Å². The van der Waals surface area contributed by atoms with Crippen LogP contribution in [0.5, 0.6) is 0 Å². The van der Waals surface area contributed by atoms with Gasteiger partial charge < -0.3 is 5.32 Å². The molecule has 1 rings (SSSR count). The molecule has 0 bridgehead atoms. The third-order valence-corrected chi connectivity index (χ3v) is 2.10. The van der Waals surface area contributed by atoms with E-state index in [1.54, 1.807) is 0 Å². The van der Waals surface area contributed by atoms with Crippen molar-refractivity contribution in [2.75, 3.05) is 5.32 Å². The first kappa shape index (κ1) is 9.96. The van der Waals surface area contributed by atoms with E-state index in [-0.39, 0.29) is 0 Å². The molecule has 0 fully saturated rings. The lowest BCUT2D eigenvalue weighted by Gasteiger charge is -2.13. The zero-order valence-electron chi connectivity index (χ0n) is 8.54. The Bertz CT molecular complexity index is 239. The zero-order valence-corrected chi connectivity index (χ0v) is 8.54. The average molecular weight is 179 g/mol. The number of aryl methyl sites for hydroxylation is 1. The third kappa shape index (κ3) is 3.01. The molecular weight excluding hydrogens is 162 g/mol. The molecule has 0 aliphatic rings. The minimum absolute atomic E-state index is 0.489. The van der Waals surface area contributed by atoms with Crippen molar-refractivity contribution in [3.05, 3.63) is 18.0 Å². The van der Waals surface area contributed by atoms with Gasteiger partial charge in [-0.2, -0.15) is 0 Å². The highest BCUT2D eigenvalue weighted by molar-refractivity contribution is 5.25. The summed E-state index contributed by atoms with van der Waals surface area (Å²) in [4.78, 5) is 8.38. The van der Waals surface area contributed by atoms with Crippen LogP contribution in [-0.4, -0.2) is 16.0 Å². The molecule has 0 unspecified atom stereocenters. The van der Waals surface area contributed by atoms with Crippen LogP contribution in [0.15, 0.2) is 12.4 Å². The van der Waals surface area contributed by atoms with E-state index in [4.69, 9.17) is 0 Å². The first-order valence-electron chi connectivity index (χ1n) is 4.81. The highest BCUT2D eigenvalue weighted by Crippen LogP contribution is 2.05. The normalized spacial score (nSPS) is 10.5. The lowest BCUT2D eigenvalue weighted by Crippen LogP contribution is -2.18. The molecular formula is C10H17N3. The maximum Gasteiger partial charge on any atom is 0.222 e. The van der Waals surface area contributed by atoms with Crippen LogP contribution in [0, 0.1) is 6.92 Å². The molecule has 0 atom stereocenters. The van der Waals surface area contributed by atoms with Crippen LogP contribution in [-0.2, 0) is 0 Å². The zero-order chi connectivity index (χ0) is 9.68. The summed E-state index contributed by atoms with van der Waals surface area (Å²) in [6, 6.07) is 0.489. The van der Waals surface area contributed by atoms with E-state index in [2.05, 4.69) is 29.1 Å². The van der Waals surface area contributed by atoms with Gasteiger partial charge in [0.15, 0.2) is 0 Å². The lowest BCUT2D eigenvalue weighted by molar-refractivity contribution is 0.664. The summed E-state index contributed by atoms with van der Waals surface area (Å²) in [7, 11) is 0. The van der Waals surface area contributed by atoms with Crippen LogP contribution in [0.3, 0.4) is 0 Å². The van der Waals surface area contributed by atoms with E-state index in [9.17, 15) is 0 Å². The van der Waals surface area contributed by atoms with Gasteiger partial charge in [0, 0.05) is 18.4 Å². The molecule has 0 saturated carbocycles. The van der Waals surface area contributed by atoms with Crippen LogP contribution >= 0.6 is 0 Å². The Kier molecular flexibility index (Phi) is 3.68. The summed E-state index contributed by atoms with van der Waals surface area (Å²) in [6.45, 7) is 6.31. The highest BCUT2D eigenvalue weighted by Gasteiger charge is 2.03. The van der Waals surface area contributed by atoms with E-state index < -0.39 is 0 Å². The fourth-order valence-electron chi connectivity index (χ4n) is 1.14. The fourth-order valence-corrected chi connectivity index (χ4v) is 1.14. The van der Waals surface area contributed by atoms with Crippen LogP contribution < -0.4 is 5.32 Å². The molecule has 3 heteroatoms. The SMILES string of the molecule is CCC(CC)Nc1ncc(C)cn1. The number of hydrogen-bond donors (Lipinski definition) is 1. The van der Waals surface area contributed by atoms with Gasteiger partial charge in [-0.1, -0.05) is 13.8 Å². The summed E-state index contributed by atoms with van der Waals surface area (Å²) in [5.41, 5.74) is 1.09. The van der Waals surface area contributed by atoms with Crippen molar-refractivity contribution in [1.82, 2.24) is 9.97 Å². The van der Waals surface area contributed by atoms with Gasteiger partial charge in [0.1, 0.15) is 0 Å². The summed E-state index contributed by atoms with van der Waals surface area (Å²) in [6.07, 6.45) is 5.87. The fraction of sp³-hybridized carbons (Fsp3) is 0.600. The molecule has 0 aromatic carbocycles. The maximum atomic E-state index is 4.19. The van der Waals surface area contributed by atoms with Crippen LogP contribution in [0.1, 0.15) is 32.3 Å². The van der Waals surface area contributed by atoms with Gasteiger partial charge in [-0.25, -0.2) is 9.97 Å². The second kappa shape index (κ2) is 4.80. The third-order valence-electron chi connectivity index (χ3n) is 2.10. The second-order valence-electron chi connectivity index (χ2n) is 3.24. The molecule has 0 saturated heterocycles. The quantitative estimate of drug-likeness (QED) is 0.771. The standard InChI is InChI=1S/C10H17N3/c1-4-9(5-2)13-10-11-6-8(3)7-12-10/h6-7,9H,4-5H2,1-3H3,(H,11,12,13). The lowest BCUT2D eigenvalue weighted by atomic mass is 10.2. The molecule has 0 aliphatic heterocycles. The summed E-state index contributed by atoms with van der Waals surface area (Å²) < 4.78 is 0. The maximum absolute atomic E-state index is 4.19. The number of hydrogen-bond acceptors (Lipinski definition) is 3. The largest absolute Gasteiger partial charge is 0.352 e. The number of aromatic nitrogens is 2. The minimum Gasteiger partial charge on any atom is -0.352 e. The average Bonchev–Trinajstić information content (AvgIpc) is 2.17. The number of nitrogens with one attached hydrogen (secondary N) is 1. The van der Waals surface area contributed by atoms with Gasteiger partial charge >= 0.3 is 0 Å². The van der Waals surface area contributed by atoms with E-state index in [1.807, 2.05) is 19.3 Å². The van der Waals surface area contributed by atoms with Crippen molar-refractivity contribution in [3.8, 4) is 0 Å². The molecule has 0 aliphatic carbocycles. The minimum atomic E-state index is 0.489. The Hall–Kier alpha value is -1.12. The van der Waals surface area contributed by atoms with Crippen molar-refractivity contribution in [2.24, 2.45) is 0 Å². The molecule has 1 aromatic heterocycles. The molecule has 0 radical (unpaired) electrons. The molecule has 13 heavy (non-hydrogen) atoms. The topological polar surface area (TPSA) is 37.8 Å². The first-order chi connectivity index (χ1) is 6.26. The van der Waals surface area contributed by atoms with E-state index in [0.29, 0.717) is 6.04 Å². The molecule has 72 valence electrons. The predicted molar refractivity (Wildman–Crippen MR) is 54.8 cm³/mol. The monoisotopic (exact) mass is 179 g/mol. The number of nitrogens with zero attached hydrogens (tertiary/aromatic N) is 2. The van der Waals surface area contributed by atoms with E-state index in [0.717, 1.165) is 24.4 Å². The van der Waals surface area contributed by atoms with Crippen LogP contribution in [0.4, 0.5) is 5.95 Å². The predicted octanol–water partition coefficient (Wildman–Crippen LogP) is 2.39. The van der Waals surface area contributed by atoms with Crippen molar-refractivity contribution in [3.63, 3.8) is 0 Å². The molecule has 0 amide bonds. The van der Waals surface area contributed by atoms with Gasteiger partial charge in [-0.05, 0) is 25.3 Å². The number of anilines is 1. The summed E-state index contributed by atoms with van der Waals surface area (Å²) >= 11 is 0. The van der Waals surface area contributed by atoms with Gasteiger partial charge in [0.2, 0.25) is 5.95 Å². The Morgan fingerprint density at radius 2 is 1.77 bits per heavy atom. The summed E-state index contributed by atoms with van der Waals surface area (Å²) in [5.74, 6) is 0.735. The van der Waals surface area contributed by atoms with Crippen molar-refractivity contribution in [1.29, 1.82) is 0 Å². The van der Waals surface area contributed by atoms with Crippen molar-refractivity contribution < 1.29 is 0 Å². The van der Waals surface area contributed by atoms with Gasteiger partial charge in [0.25, 0.3) is 0 Å². The van der Waals surface area contributed by atoms with Crippen LogP contribution in [0.25, 0.3) is 0 Å². The molecule has 3 nitrogen and oxygen atoms in total. The van der Waals surface area contributed by atoms with E-state index in [1.165, 1.54) is 0 Å². The Morgan fingerprint density at radius 3 is 2.23 bits per heavy atom. The Morgan fingerprint density at radius 1 is 1.23 bits per heavy atom. The first-order valence-corrected chi connectivity index (χ1v) is 4.81. The Labute approximate surface area is 79.6 Å². The highest BCUT2D eigenvalue weighted by atomic mass is 15.1. The smallest absolute Gasteiger partial charge is 0.222 e. The van der Waals surface area contributed by atoms with Gasteiger partial charge in [0.05, 0.1) is 0 Å². The van der Waals surface area contributed by atoms with Gasteiger partial charge in [-0.15, -0.1) is 0 Å².